The molecule has 0 saturated heterocycles. The molecule has 1 fully saturated rings. The fourth-order valence-corrected chi connectivity index (χ4v) is 4.10. The zero-order valence-electron chi connectivity index (χ0n) is 11.0. The minimum atomic E-state index is -0.869. The molecule has 1 aliphatic carbocycles. The van der Waals surface area contributed by atoms with Gasteiger partial charge < -0.3 is 5.11 Å². The first-order valence-corrected chi connectivity index (χ1v) is 8.76. The fraction of sp³-hybridized carbons (Fsp3) is 0.533. The summed E-state index contributed by atoms with van der Waals surface area (Å²) < 4.78 is -0.763. The van der Waals surface area contributed by atoms with Crippen LogP contribution in [0.1, 0.15) is 55.6 Å². The number of carbonyl (C=O) groups is 1. The smallest absolute Gasteiger partial charge is 0.306 e. The number of rotatable bonds is 4. The Balaban J connectivity index is 2.22. The Morgan fingerprint density at radius 2 is 1.95 bits per heavy atom. The van der Waals surface area contributed by atoms with E-state index in [-0.39, 0.29) is 6.42 Å². The molecule has 0 aromatic heterocycles. The number of halogens is 3. The van der Waals surface area contributed by atoms with Gasteiger partial charge in [0, 0.05) is 5.02 Å². The van der Waals surface area contributed by atoms with Crippen molar-refractivity contribution in [3.05, 3.63) is 34.3 Å². The Hall–Kier alpha value is -0.0600. The lowest BCUT2D eigenvalue weighted by Crippen LogP contribution is -2.15. The van der Waals surface area contributed by atoms with Crippen LogP contribution in [0.5, 0.6) is 0 Å². The van der Waals surface area contributed by atoms with Crippen LogP contribution in [0.2, 0.25) is 5.02 Å². The van der Waals surface area contributed by atoms with Crippen molar-refractivity contribution in [1.82, 2.24) is 0 Å². The molecular formula is C15H17Br2ClO2. The van der Waals surface area contributed by atoms with Crippen molar-refractivity contribution in [3.63, 3.8) is 0 Å². The van der Waals surface area contributed by atoms with E-state index < -0.39 is 9.20 Å². The summed E-state index contributed by atoms with van der Waals surface area (Å²) in [7, 11) is 0. The molecule has 0 spiro atoms. The molecule has 1 aromatic rings. The van der Waals surface area contributed by atoms with Gasteiger partial charge in [-0.25, -0.2) is 0 Å². The summed E-state index contributed by atoms with van der Waals surface area (Å²) in [4.78, 5) is 10.9. The van der Waals surface area contributed by atoms with Crippen LogP contribution < -0.4 is 0 Å². The molecular weight excluding hydrogens is 407 g/mol. The number of hydrogen-bond donors (Lipinski definition) is 1. The molecule has 0 radical (unpaired) electrons. The molecule has 5 heteroatoms. The number of alkyl halides is 2. The Labute approximate surface area is 141 Å². The van der Waals surface area contributed by atoms with Crippen molar-refractivity contribution < 1.29 is 9.90 Å². The van der Waals surface area contributed by atoms with Crippen LogP contribution in [0.4, 0.5) is 0 Å². The molecule has 2 rings (SSSR count). The third kappa shape index (κ3) is 3.99. The van der Waals surface area contributed by atoms with E-state index in [1.165, 1.54) is 37.7 Å². The van der Waals surface area contributed by atoms with Crippen molar-refractivity contribution in [3.8, 4) is 0 Å². The molecule has 0 atom stereocenters. The Morgan fingerprint density at radius 1 is 1.30 bits per heavy atom. The molecule has 1 aliphatic rings. The lowest BCUT2D eigenvalue weighted by atomic mass is 9.83. The summed E-state index contributed by atoms with van der Waals surface area (Å²) in [6.07, 6.45) is 6.19. The van der Waals surface area contributed by atoms with E-state index in [0.717, 1.165) is 10.6 Å². The third-order valence-corrected chi connectivity index (χ3v) is 5.64. The number of carboxylic acid groups (broad SMARTS) is 1. The minimum absolute atomic E-state index is 0.0495. The number of hydrogen-bond acceptors (Lipinski definition) is 1. The van der Waals surface area contributed by atoms with Crippen molar-refractivity contribution >= 4 is 49.4 Å². The van der Waals surface area contributed by atoms with E-state index in [2.05, 4.69) is 31.9 Å². The van der Waals surface area contributed by atoms with Gasteiger partial charge in [0.1, 0.15) is 3.23 Å². The zero-order chi connectivity index (χ0) is 14.8. The molecule has 1 N–H and O–H groups in total. The zero-order valence-corrected chi connectivity index (χ0v) is 15.0. The minimum Gasteiger partial charge on any atom is -0.481 e. The maximum Gasteiger partial charge on any atom is 0.306 e. The average molecular weight is 425 g/mol. The fourth-order valence-electron chi connectivity index (χ4n) is 2.79. The maximum absolute atomic E-state index is 10.9. The quantitative estimate of drug-likeness (QED) is 0.620. The van der Waals surface area contributed by atoms with Gasteiger partial charge in [0.2, 0.25) is 0 Å². The molecule has 0 heterocycles. The van der Waals surface area contributed by atoms with E-state index in [1.807, 2.05) is 18.2 Å². The summed E-state index contributed by atoms with van der Waals surface area (Å²) in [5.41, 5.74) is 2.03. The van der Waals surface area contributed by atoms with Gasteiger partial charge in [-0.2, -0.15) is 0 Å². The molecule has 1 aromatic carbocycles. The highest BCUT2D eigenvalue weighted by molar-refractivity contribution is 9.24. The van der Waals surface area contributed by atoms with Crippen LogP contribution in [-0.4, -0.2) is 11.1 Å². The number of benzene rings is 1. The van der Waals surface area contributed by atoms with Crippen LogP contribution in [0.25, 0.3) is 0 Å². The standard InChI is InChI=1S/C15H17Br2ClO2/c16-15(17,9-14(19)20)11-6-7-12(13(18)8-11)10-4-2-1-3-5-10/h6-8,10H,1-5,9H2,(H,19,20). The summed E-state index contributed by atoms with van der Waals surface area (Å²) in [6, 6.07) is 5.88. The van der Waals surface area contributed by atoms with Gasteiger partial charge in [0.15, 0.2) is 0 Å². The van der Waals surface area contributed by atoms with E-state index in [1.54, 1.807) is 0 Å². The predicted octanol–water partition coefficient (Wildman–Crippen LogP) is 5.81. The van der Waals surface area contributed by atoms with Crippen molar-refractivity contribution in [2.24, 2.45) is 0 Å². The van der Waals surface area contributed by atoms with Gasteiger partial charge in [0.25, 0.3) is 0 Å². The van der Waals surface area contributed by atoms with Crippen LogP contribution in [0, 0.1) is 0 Å². The largest absolute Gasteiger partial charge is 0.481 e. The van der Waals surface area contributed by atoms with Crippen LogP contribution in [0.3, 0.4) is 0 Å². The number of aliphatic carboxylic acids is 1. The highest BCUT2D eigenvalue weighted by atomic mass is 79.9. The SMILES string of the molecule is O=C(O)CC(Br)(Br)c1ccc(C2CCCCC2)c(Cl)c1. The molecule has 0 unspecified atom stereocenters. The van der Waals surface area contributed by atoms with E-state index in [4.69, 9.17) is 16.7 Å². The second-order valence-electron chi connectivity index (χ2n) is 5.35. The molecule has 0 aliphatic heterocycles. The van der Waals surface area contributed by atoms with Crippen LogP contribution >= 0.6 is 43.5 Å². The molecule has 110 valence electrons. The van der Waals surface area contributed by atoms with Gasteiger partial charge in [0.05, 0.1) is 6.42 Å². The molecule has 0 amide bonds. The Bertz CT molecular complexity index is 497. The summed E-state index contributed by atoms with van der Waals surface area (Å²) >= 11 is 13.3. The molecule has 1 saturated carbocycles. The Morgan fingerprint density at radius 3 is 2.50 bits per heavy atom. The number of carboxylic acids is 1. The Kier molecular flexibility index (Phi) is 5.55. The molecule has 0 bridgehead atoms. The first kappa shape index (κ1) is 16.3. The van der Waals surface area contributed by atoms with Gasteiger partial charge in [-0.1, -0.05) is 74.9 Å². The van der Waals surface area contributed by atoms with Crippen molar-refractivity contribution in [1.29, 1.82) is 0 Å². The normalized spacial score (nSPS) is 17.1. The van der Waals surface area contributed by atoms with Crippen LogP contribution in [-0.2, 0) is 8.03 Å². The monoisotopic (exact) mass is 422 g/mol. The van der Waals surface area contributed by atoms with Crippen LogP contribution in [0.15, 0.2) is 18.2 Å². The second kappa shape index (κ2) is 6.80. The van der Waals surface area contributed by atoms with E-state index in [0.29, 0.717) is 5.92 Å². The van der Waals surface area contributed by atoms with Gasteiger partial charge in [-0.3, -0.25) is 4.79 Å². The lowest BCUT2D eigenvalue weighted by molar-refractivity contribution is -0.137. The van der Waals surface area contributed by atoms with Crippen molar-refractivity contribution in [2.45, 2.75) is 47.7 Å². The van der Waals surface area contributed by atoms with Crippen molar-refractivity contribution in [2.75, 3.05) is 0 Å². The summed E-state index contributed by atoms with van der Waals surface area (Å²) in [5, 5.41) is 9.68. The maximum atomic E-state index is 10.9. The highest BCUT2D eigenvalue weighted by Gasteiger charge is 2.29. The average Bonchev–Trinajstić information content (AvgIpc) is 2.38. The first-order valence-electron chi connectivity index (χ1n) is 6.79. The van der Waals surface area contributed by atoms with E-state index >= 15 is 0 Å². The summed E-state index contributed by atoms with van der Waals surface area (Å²) in [6.45, 7) is 0. The van der Waals surface area contributed by atoms with Gasteiger partial charge >= 0.3 is 5.97 Å². The third-order valence-electron chi connectivity index (χ3n) is 3.84. The summed E-state index contributed by atoms with van der Waals surface area (Å²) in [5.74, 6) is -0.323. The second-order valence-corrected chi connectivity index (χ2v) is 9.53. The first-order chi connectivity index (χ1) is 9.40. The topological polar surface area (TPSA) is 37.3 Å². The van der Waals surface area contributed by atoms with Gasteiger partial charge in [-0.15, -0.1) is 0 Å². The lowest BCUT2D eigenvalue weighted by Gasteiger charge is -2.25. The van der Waals surface area contributed by atoms with E-state index in [9.17, 15) is 4.79 Å². The predicted molar refractivity (Wildman–Crippen MR) is 89.1 cm³/mol. The molecule has 2 nitrogen and oxygen atoms in total. The highest BCUT2D eigenvalue weighted by Crippen LogP contribution is 2.44. The van der Waals surface area contributed by atoms with Gasteiger partial charge in [-0.05, 0) is 36.0 Å². The molecule has 20 heavy (non-hydrogen) atoms.